The minimum atomic E-state index is -0.566. The molecular weight excluding hydrogens is 328 g/mol. The van der Waals surface area contributed by atoms with Gasteiger partial charge < -0.3 is 9.84 Å². The Morgan fingerprint density at radius 2 is 1.76 bits per heavy atom. The van der Waals surface area contributed by atoms with Gasteiger partial charge in [0.1, 0.15) is 11.5 Å². The topological polar surface area (TPSA) is 29.5 Å². The van der Waals surface area contributed by atoms with E-state index in [0.29, 0.717) is 11.7 Å². The van der Waals surface area contributed by atoms with Gasteiger partial charge >= 0.3 is 0 Å². The summed E-state index contributed by atoms with van der Waals surface area (Å²) in [6.45, 7) is 6.11. The molecule has 21 heavy (non-hydrogen) atoms. The molecule has 2 unspecified atom stereocenters. The molecule has 2 aromatic rings. The van der Waals surface area contributed by atoms with Crippen molar-refractivity contribution in [2.45, 2.75) is 39.2 Å². The van der Waals surface area contributed by atoms with Crippen molar-refractivity contribution in [3.8, 4) is 11.5 Å². The predicted octanol–water partition coefficient (Wildman–Crippen LogP) is 5.81. The van der Waals surface area contributed by atoms with Crippen LogP contribution in [0.4, 0.5) is 0 Å². The molecule has 0 amide bonds. The number of hydrogen-bond acceptors (Lipinski definition) is 2. The summed E-state index contributed by atoms with van der Waals surface area (Å²) < 4.78 is 7.05. The summed E-state index contributed by atoms with van der Waals surface area (Å²) in [6, 6.07) is 13.8. The van der Waals surface area contributed by atoms with E-state index in [1.165, 1.54) is 5.56 Å². The zero-order valence-corrected chi connectivity index (χ0v) is 14.2. The van der Waals surface area contributed by atoms with Crippen LogP contribution in [0.15, 0.2) is 46.9 Å². The molecule has 0 bridgehead atoms. The Labute approximate surface area is 134 Å². The Hall–Kier alpha value is -1.32. The van der Waals surface area contributed by atoms with Crippen LogP contribution in [0.25, 0.3) is 0 Å². The Balaban J connectivity index is 2.41. The number of hydrogen-bond donors (Lipinski definition) is 1. The molecule has 0 saturated carbocycles. The van der Waals surface area contributed by atoms with Crippen molar-refractivity contribution in [1.29, 1.82) is 0 Å². The molecule has 3 heteroatoms. The minimum Gasteiger partial charge on any atom is -0.457 e. The van der Waals surface area contributed by atoms with Gasteiger partial charge in [0.25, 0.3) is 0 Å². The summed E-state index contributed by atoms with van der Waals surface area (Å²) in [7, 11) is 0. The quantitative estimate of drug-likeness (QED) is 0.738. The molecular formula is C18H21BrO2. The van der Waals surface area contributed by atoms with Gasteiger partial charge in [-0.3, -0.25) is 0 Å². The molecule has 2 aromatic carbocycles. The molecule has 2 atom stereocenters. The lowest BCUT2D eigenvalue weighted by atomic mass is 9.98. The van der Waals surface area contributed by atoms with Crippen molar-refractivity contribution in [2.75, 3.05) is 0 Å². The summed E-state index contributed by atoms with van der Waals surface area (Å²) in [5.74, 6) is 1.98. The largest absolute Gasteiger partial charge is 0.457 e. The van der Waals surface area contributed by atoms with Gasteiger partial charge in [-0.2, -0.15) is 0 Å². The standard InChI is InChI=1S/C18H21BrO2/c1-4-12(2)15-7-5-6-8-17(15)21-18-11-14(19)9-10-16(18)13(3)20/h5-13,20H,4H2,1-3H3. The zero-order chi connectivity index (χ0) is 15.4. The van der Waals surface area contributed by atoms with E-state index in [1.54, 1.807) is 6.92 Å². The van der Waals surface area contributed by atoms with Crippen molar-refractivity contribution >= 4 is 15.9 Å². The summed E-state index contributed by atoms with van der Waals surface area (Å²) in [5, 5.41) is 9.90. The highest BCUT2D eigenvalue weighted by molar-refractivity contribution is 9.10. The first-order valence-corrected chi connectivity index (χ1v) is 8.06. The van der Waals surface area contributed by atoms with Crippen LogP contribution in [-0.4, -0.2) is 5.11 Å². The van der Waals surface area contributed by atoms with Crippen LogP contribution in [0.5, 0.6) is 11.5 Å². The van der Waals surface area contributed by atoms with Crippen molar-refractivity contribution in [1.82, 2.24) is 0 Å². The molecule has 0 heterocycles. The normalized spacial score (nSPS) is 13.8. The first kappa shape index (κ1) is 16.1. The van der Waals surface area contributed by atoms with Gasteiger partial charge in [0.15, 0.2) is 0 Å². The Morgan fingerprint density at radius 3 is 2.43 bits per heavy atom. The third-order valence-electron chi connectivity index (χ3n) is 3.71. The van der Waals surface area contributed by atoms with E-state index >= 15 is 0 Å². The van der Waals surface area contributed by atoms with Gasteiger partial charge in [0, 0.05) is 10.0 Å². The van der Waals surface area contributed by atoms with Gasteiger partial charge in [-0.05, 0) is 43.0 Å². The van der Waals surface area contributed by atoms with Crippen LogP contribution in [-0.2, 0) is 0 Å². The third kappa shape index (κ3) is 3.86. The molecule has 1 N–H and O–H groups in total. The fourth-order valence-electron chi connectivity index (χ4n) is 2.26. The van der Waals surface area contributed by atoms with Crippen LogP contribution in [0.3, 0.4) is 0 Å². The van der Waals surface area contributed by atoms with Gasteiger partial charge in [-0.15, -0.1) is 0 Å². The Bertz CT molecular complexity index is 608. The Kier molecular flexibility index (Phi) is 5.43. The highest BCUT2D eigenvalue weighted by Crippen LogP contribution is 2.36. The molecule has 2 rings (SSSR count). The van der Waals surface area contributed by atoms with Crippen LogP contribution >= 0.6 is 15.9 Å². The minimum absolute atomic E-state index is 0.434. The molecule has 0 aliphatic carbocycles. The van der Waals surface area contributed by atoms with Gasteiger partial charge in [-0.25, -0.2) is 0 Å². The monoisotopic (exact) mass is 348 g/mol. The first-order valence-electron chi connectivity index (χ1n) is 7.27. The highest BCUT2D eigenvalue weighted by atomic mass is 79.9. The number of halogens is 1. The number of aliphatic hydroxyl groups is 1. The summed E-state index contributed by atoms with van der Waals surface area (Å²) in [5.41, 5.74) is 1.98. The molecule has 2 nitrogen and oxygen atoms in total. The summed E-state index contributed by atoms with van der Waals surface area (Å²) >= 11 is 3.46. The molecule has 0 saturated heterocycles. The van der Waals surface area contributed by atoms with E-state index in [4.69, 9.17) is 4.74 Å². The number of rotatable bonds is 5. The second-order valence-electron chi connectivity index (χ2n) is 5.31. The maximum Gasteiger partial charge on any atom is 0.134 e. The molecule has 0 spiro atoms. The number of para-hydroxylation sites is 1. The smallest absolute Gasteiger partial charge is 0.134 e. The van der Waals surface area contributed by atoms with Gasteiger partial charge in [-0.1, -0.05) is 54.0 Å². The van der Waals surface area contributed by atoms with E-state index in [1.807, 2.05) is 36.4 Å². The SMILES string of the molecule is CCC(C)c1ccccc1Oc1cc(Br)ccc1C(C)O. The predicted molar refractivity (Wildman–Crippen MR) is 90.0 cm³/mol. The molecule has 0 aliphatic rings. The average molecular weight is 349 g/mol. The van der Waals surface area contributed by atoms with Crippen LogP contribution in [0, 0.1) is 0 Å². The lowest BCUT2D eigenvalue weighted by Gasteiger charge is -2.18. The molecule has 0 aliphatic heterocycles. The fourth-order valence-corrected chi connectivity index (χ4v) is 2.60. The third-order valence-corrected chi connectivity index (χ3v) is 4.20. The highest BCUT2D eigenvalue weighted by Gasteiger charge is 2.14. The van der Waals surface area contributed by atoms with E-state index in [9.17, 15) is 5.11 Å². The molecule has 0 fully saturated rings. The van der Waals surface area contributed by atoms with Gasteiger partial charge in [0.05, 0.1) is 6.10 Å². The van der Waals surface area contributed by atoms with E-state index in [0.717, 1.165) is 22.2 Å². The Morgan fingerprint density at radius 1 is 1.05 bits per heavy atom. The fraction of sp³-hybridized carbons (Fsp3) is 0.333. The lowest BCUT2D eigenvalue weighted by molar-refractivity contribution is 0.195. The number of benzene rings is 2. The van der Waals surface area contributed by atoms with Crippen molar-refractivity contribution < 1.29 is 9.84 Å². The number of ether oxygens (including phenoxy) is 1. The molecule has 112 valence electrons. The zero-order valence-electron chi connectivity index (χ0n) is 12.6. The van der Waals surface area contributed by atoms with E-state index in [2.05, 4.69) is 35.8 Å². The van der Waals surface area contributed by atoms with Gasteiger partial charge in [0.2, 0.25) is 0 Å². The molecule has 0 aromatic heterocycles. The summed E-state index contributed by atoms with van der Waals surface area (Å²) in [6.07, 6.45) is 0.492. The first-order chi connectivity index (χ1) is 10.0. The summed E-state index contributed by atoms with van der Waals surface area (Å²) in [4.78, 5) is 0. The number of aliphatic hydroxyl groups excluding tert-OH is 1. The van der Waals surface area contributed by atoms with Crippen molar-refractivity contribution in [3.63, 3.8) is 0 Å². The van der Waals surface area contributed by atoms with Crippen LogP contribution < -0.4 is 4.74 Å². The lowest BCUT2D eigenvalue weighted by Crippen LogP contribution is -1.99. The van der Waals surface area contributed by atoms with E-state index in [-0.39, 0.29) is 0 Å². The maximum atomic E-state index is 9.90. The maximum absolute atomic E-state index is 9.90. The van der Waals surface area contributed by atoms with Crippen LogP contribution in [0.1, 0.15) is 50.3 Å². The van der Waals surface area contributed by atoms with Crippen LogP contribution in [0.2, 0.25) is 0 Å². The van der Waals surface area contributed by atoms with Crippen molar-refractivity contribution in [2.24, 2.45) is 0 Å². The van der Waals surface area contributed by atoms with Crippen molar-refractivity contribution in [3.05, 3.63) is 58.1 Å². The molecule has 0 radical (unpaired) electrons. The second kappa shape index (κ2) is 7.10. The average Bonchev–Trinajstić information content (AvgIpc) is 2.47. The van der Waals surface area contributed by atoms with E-state index < -0.39 is 6.10 Å². The second-order valence-corrected chi connectivity index (χ2v) is 6.22.